The van der Waals surface area contributed by atoms with Crippen molar-refractivity contribution in [2.75, 3.05) is 13.1 Å². The number of nitrogens with two attached hydrogens (primary N) is 1. The third-order valence-corrected chi connectivity index (χ3v) is 6.03. The Kier molecular flexibility index (Phi) is 4.94. The van der Waals surface area contributed by atoms with Crippen molar-refractivity contribution in [1.29, 1.82) is 0 Å². The van der Waals surface area contributed by atoms with Gasteiger partial charge in [0.25, 0.3) is 11.6 Å². The van der Waals surface area contributed by atoms with Crippen LogP contribution in [0.15, 0.2) is 10.6 Å². The van der Waals surface area contributed by atoms with Crippen molar-refractivity contribution >= 4 is 17.0 Å². The molecule has 1 saturated carbocycles. The van der Waals surface area contributed by atoms with Gasteiger partial charge in [-0.25, -0.2) is 4.98 Å². The fraction of sp³-hybridized carbons (Fsp3) is 0.682. The Labute approximate surface area is 166 Å². The zero-order chi connectivity index (χ0) is 20.1. The molecule has 3 heterocycles. The van der Waals surface area contributed by atoms with Crippen LogP contribution >= 0.6 is 0 Å². The van der Waals surface area contributed by atoms with E-state index >= 15 is 0 Å². The molecule has 1 amide bonds. The minimum atomic E-state index is 0.0505. The van der Waals surface area contributed by atoms with Crippen LogP contribution in [-0.2, 0) is 6.42 Å². The zero-order valence-electron chi connectivity index (χ0n) is 17.5. The molecule has 1 aliphatic heterocycles. The van der Waals surface area contributed by atoms with Crippen LogP contribution in [-0.4, -0.2) is 40.1 Å². The van der Waals surface area contributed by atoms with Gasteiger partial charge in [-0.3, -0.25) is 4.79 Å². The molecule has 2 fully saturated rings. The van der Waals surface area contributed by atoms with Gasteiger partial charge in [0, 0.05) is 30.7 Å². The van der Waals surface area contributed by atoms with Crippen LogP contribution in [0.3, 0.4) is 0 Å². The van der Waals surface area contributed by atoms with E-state index in [2.05, 4.69) is 32.9 Å². The van der Waals surface area contributed by atoms with Gasteiger partial charge in [0.15, 0.2) is 0 Å². The number of fused-ring (bicyclic) bond motifs is 1. The highest BCUT2D eigenvalue weighted by molar-refractivity contribution is 6.06. The minimum Gasteiger partial charge on any atom is -0.339 e. The molecule has 0 bridgehead atoms. The summed E-state index contributed by atoms with van der Waals surface area (Å²) in [4.78, 5) is 20.2. The molecule has 4 rings (SSSR count). The fourth-order valence-corrected chi connectivity index (χ4v) is 4.21. The highest BCUT2D eigenvalue weighted by Gasteiger charge is 2.32. The number of pyridine rings is 1. The fourth-order valence-electron chi connectivity index (χ4n) is 4.21. The predicted molar refractivity (Wildman–Crippen MR) is 109 cm³/mol. The maximum atomic E-state index is 13.5. The number of likely N-dealkylation sites (tertiary alicyclic amines) is 1. The van der Waals surface area contributed by atoms with E-state index in [1.165, 1.54) is 0 Å². The summed E-state index contributed by atoms with van der Waals surface area (Å²) >= 11 is 0. The van der Waals surface area contributed by atoms with Crippen molar-refractivity contribution in [2.24, 2.45) is 17.1 Å². The van der Waals surface area contributed by atoms with E-state index in [4.69, 9.17) is 15.2 Å². The predicted octanol–water partition coefficient (Wildman–Crippen LogP) is 3.89. The largest absolute Gasteiger partial charge is 0.339 e. The summed E-state index contributed by atoms with van der Waals surface area (Å²) in [7, 11) is 0. The van der Waals surface area contributed by atoms with E-state index < -0.39 is 0 Å². The molecule has 1 unspecified atom stereocenters. The third-order valence-electron chi connectivity index (χ3n) is 6.03. The number of hydrogen-bond acceptors (Lipinski definition) is 5. The van der Waals surface area contributed by atoms with E-state index in [1.54, 1.807) is 0 Å². The van der Waals surface area contributed by atoms with Gasteiger partial charge < -0.3 is 15.2 Å². The van der Waals surface area contributed by atoms with E-state index in [-0.39, 0.29) is 17.4 Å². The third kappa shape index (κ3) is 3.93. The number of carbonyl (C=O) groups excluding carboxylic acids is 1. The molecule has 0 aromatic carbocycles. The molecule has 28 heavy (non-hydrogen) atoms. The molecule has 1 saturated heterocycles. The van der Waals surface area contributed by atoms with Crippen molar-refractivity contribution in [3.63, 3.8) is 0 Å². The lowest BCUT2D eigenvalue weighted by Gasteiger charge is -2.34. The number of nitrogens with zero attached hydrogens (tertiary/aromatic N) is 3. The standard InChI is InChI=1S/C22H32N4O2/c1-13(23)14-7-9-26(10-8-14)21(27)16-11-17(15-5-6-15)24-20-19(16)18(25-28-20)12-22(2,3)4/h11,13-15H,5-10,12,23H2,1-4H3. The molecule has 6 heteroatoms. The van der Waals surface area contributed by atoms with Crippen LogP contribution in [0.4, 0.5) is 0 Å². The second kappa shape index (κ2) is 7.14. The van der Waals surface area contributed by atoms with Crippen LogP contribution in [0, 0.1) is 11.3 Å². The summed E-state index contributed by atoms with van der Waals surface area (Å²) in [5.41, 5.74) is 9.15. The van der Waals surface area contributed by atoms with Gasteiger partial charge in [-0.05, 0) is 56.4 Å². The quantitative estimate of drug-likeness (QED) is 0.864. The number of piperidine rings is 1. The van der Waals surface area contributed by atoms with Crippen molar-refractivity contribution < 1.29 is 9.32 Å². The average Bonchev–Trinajstić information content (AvgIpc) is 3.42. The van der Waals surface area contributed by atoms with Gasteiger partial charge in [-0.2, -0.15) is 0 Å². The Balaban J connectivity index is 1.69. The number of aromatic nitrogens is 2. The number of hydrogen-bond donors (Lipinski definition) is 1. The molecule has 152 valence electrons. The normalized spacial score (nSPS) is 20.0. The van der Waals surface area contributed by atoms with Crippen molar-refractivity contribution in [2.45, 2.75) is 71.8 Å². The van der Waals surface area contributed by atoms with Crippen LogP contribution < -0.4 is 5.73 Å². The molecule has 2 aliphatic rings. The Hall–Kier alpha value is -1.95. The van der Waals surface area contributed by atoms with Crippen LogP contribution in [0.5, 0.6) is 0 Å². The summed E-state index contributed by atoms with van der Waals surface area (Å²) in [6.45, 7) is 10.1. The highest BCUT2D eigenvalue weighted by atomic mass is 16.5. The lowest BCUT2D eigenvalue weighted by molar-refractivity contribution is 0.0682. The van der Waals surface area contributed by atoms with Crippen LogP contribution in [0.25, 0.3) is 11.1 Å². The average molecular weight is 385 g/mol. The highest BCUT2D eigenvalue weighted by Crippen LogP contribution is 2.41. The summed E-state index contributed by atoms with van der Waals surface area (Å²) < 4.78 is 5.59. The number of amides is 1. The lowest BCUT2D eigenvalue weighted by Crippen LogP contribution is -2.42. The summed E-state index contributed by atoms with van der Waals surface area (Å²) in [6, 6.07) is 2.19. The monoisotopic (exact) mass is 384 g/mol. The second-order valence-corrected chi connectivity index (χ2v) is 9.90. The van der Waals surface area contributed by atoms with E-state index in [0.29, 0.717) is 23.1 Å². The van der Waals surface area contributed by atoms with Gasteiger partial charge >= 0.3 is 0 Å². The summed E-state index contributed by atoms with van der Waals surface area (Å²) in [5.74, 6) is 1.03. The van der Waals surface area contributed by atoms with Gasteiger partial charge in [0.05, 0.1) is 16.6 Å². The maximum Gasteiger partial charge on any atom is 0.259 e. The summed E-state index contributed by atoms with van der Waals surface area (Å²) in [6.07, 6.45) is 4.94. The topological polar surface area (TPSA) is 85.2 Å². The van der Waals surface area contributed by atoms with Crippen molar-refractivity contribution in [1.82, 2.24) is 15.0 Å². The van der Waals surface area contributed by atoms with Gasteiger partial charge in [-0.15, -0.1) is 0 Å². The Morgan fingerprint density at radius 2 is 1.96 bits per heavy atom. The maximum absolute atomic E-state index is 13.5. The number of carbonyl (C=O) groups is 1. The van der Waals surface area contributed by atoms with Crippen molar-refractivity contribution in [3.05, 3.63) is 23.0 Å². The smallest absolute Gasteiger partial charge is 0.259 e. The van der Waals surface area contributed by atoms with Crippen molar-refractivity contribution in [3.8, 4) is 0 Å². The molecule has 0 spiro atoms. The Morgan fingerprint density at radius 1 is 1.29 bits per heavy atom. The molecule has 6 nitrogen and oxygen atoms in total. The first-order valence-corrected chi connectivity index (χ1v) is 10.6. The first kappa shape index (κ1) is 19.4. The zero-order valence-corrected chi connectivity index (χ0v) is 17.5. The van der Waals surface area contributed by atoms with Gasteiger partial charge in [0.1, 0.15) is 0 Å². The molecule has 2 aromatic heterocycles. The van der Waals surface area contributed by atoms with Crippen LogP contribution in [0.2, 0.25) is 0 Å². The molecule has 2 N–H and O–H groups in total. The first-order valence-electron chi connectivity index (χ1n) is 10.6. The van der Waals surface area contributed by atoms with Gasteiger partial charge in [-0.1, -0.05) is 25.9 Å². The molecular formula is C22H32N4O2. The first-order chi connectivity index (χ1) is 13.2. The van der Waals surface area contributed by atoms with Gasteiger partial charge in [0.2, 0.25) is 0 Å². The Morgan fingerprint density at radius 3 is 2.54 bits per heavy atom. The minimum absolute atomic E-state index is 0.0505. The molecule has 1 atom stereocenters. The molecule has 0 radical (unpaired) electrons. The Bertz CT molecular complexity index is 869. The van der Waals surface area contributed by atoms with E-state index in [0.717, 1.165) is 62.0 Å². The SMILES string of the molecule is CC(N)C1CCN(C(=O)c2cc(C3CC3)nc3onc(CC(C)(C)C)c23)CC1. The molecular weight excluding hydrogens is 352 g/mol. The molecule has 2 aromatic rings. The molecule has 1 aliphatic carbocycles. The second-order valence-electron chi connectivity index (χ2n) is 9.90. The van der Waals surface area contributed by atoms with E-state index in [1.807, 2.05) is 11.0 Å². The van der Waals surface area contributed by atoms with Crippen LogP contribution in [0.1, 0.15) is 81.0 Å². The lowest BCUT2D eigenvalue weighted by atomic mass is 9.88. The van der Waals surface area contributed by atoms with E-state index in [9.17, 15) is 4.79 Å². The number of rotatable bonds is 4. The summed E-state index contributed by atoms with van der Waals surface area (Å²) in [5, 5.41) is 5.10.